The fraction of sp³-hybridized carbons (Fsp3) is 0.417. The number of nitrogens with zero attached hydrogens (tertiary/aromatic N) is 1. The predicted octanol–water partition coefficient (Wildman–Crippen LogP) is 3.76. The first-order chi connectivity index (χ1) is 7.58. The Kier molecular flexibility index (Phi) is 3.45. The Morgan fingerprint density at radius 3 is 2.81 bits per heavy atom. The zero-order valence-corrected chi connectivity index (χ0v) is 11.0. The second-order valence-corrected chi connectivity index (χ2v) is 5.68. The highest BCUT2D eigenvalue weighted by molar-refractivity contribution is 8.14. The molecular weight excluding hydrogens is 240 g/mol. The van der Waals surface area contributed by atoms with Crippen molar-refractivity contribution in [2.45, 2.75) is 19.9 Å². The Hall–Kier alpha value is -0.670. The molecular formula is C12H15ClN2S. The van der Waals surface area contributed by atoms with Crippen LogP contribution in [0.25, 0.3) is 0 Å². The second kappa shape index (κ2) is 4.68. The second-order valence-electron chi connectivity index (χ2n) is 4.23. The van der Waals surface area contributed by atoms with Gasteiger partial charge in [-0.1, -0.05) is 31.5 Å². The van der Waals surface area contributed by atoms with E-state index in [1.54, 1.807) is 6.07 Å². The van der Waals surface area contributed by atoms with Crippen LogP contribution in [0.5, 0.6) is 0 Å². The van der Waals surface area contributed by atoms with Gasteiger partial charge in [-0.15, -0.1) is 11.8 Å². The zero-order valence-electron chi connectivity index (χ0n) is 9.40. The number of hydrogen-bond donors (Lipinski definition) is 1. The summed E-state index contributed by atoms with van der Waals surface area (Å²) in [6.07, 6.45) is 0. The van der Waals surface area contributed by atoms with E-state index in [2.05, 4.69) is 13.8 Å². The highest BCUT2D eigenvalue weighted by atomic mass is 35.5. The molecule has 1 aromatic rings. The quantitative estimate of drug-likeness (QED) is 0.816. The molecule has 16 heavy (non-hydrogen) atoms. The van der Waals surface area contributed by atoms with Gasteiger partial charge in [-0.2, -0.15) is 0 Å². The van der Waals surface area contributed by atoms with E-state index in [9.17, 15) is 0 Å². The van der Waals surface area contributed by atoms with Gasteiger partial charge in [0.15, 0.2) is 0 Å². The van der Waals surface area contributed by atoms with Crippen LogP contribution in [0.15, 0.2) is 23.2 Å². The van der Waals surface area contributed by atoms with Crippen LogP contribution in [0.3, 0.4) is 0 Å². The average Bonchev–Trinajstić information content (AvgIpc) is 2.66. The number of aliphatic imine (C=N–C) groups is 1. The van der Waals surface area contributed by atoms with Gasteiger partial charge < -0.3 is 5.73 Å². The molecule has 0 bridgehead atoms. The first-order valence-electron chi connectivity index (χ1n) is 5.33. The molecule has 0 aromatic heterocycles. The Bertz CT molecular complexity index is 429. The lowest BCUT2D eigenvalue weighted by molar-refractivity contribution is 0.823. The summed E-state index contributed by atoms with van der Waals surface area (Å²) < 4.78 is 0. The minimum atomic E-state index is 0.190. The molecule has 1 heterocycles. The molecule has 1 unspecified atom stereocenters. The van der Waals surface area contributed by atoms with Gasteiger partial charge >= 0.3 is 0 Å². The Balaban J connectivity index is 2.26. The first-order valence-corrected chi connectivity index (χ1v) is 6.69. The molecule has 0 fully saturated rings. The van der Waals surface area contributed by atoms with Crippen molar-refractivity contribution in [3.05, 3.63) is 28.8 Å². The normalized spacial score (nSPS) is 20.2. The fourth-order valence-corrected chi connectivity index (χ4v) is 3.11. The van der Waals surface area contributed by atoms with Gasteiger partial charge in [-0.25, -0.2) is 0 Å². The summed E-state index contributed by atoms with van der Waals surface area (Å²) in [5.41, 5.74) is 7.46. The number of thioether (sulfide) groups is 1. The summed E-state index contributed by atoms with van der Waals surface area (Å²) >= 11 is 8.00. The molecule has 1 aromatic carbocycles. The van der Waals surface area contributed by atoms with Crippen molar-refractivity contribution in [1.29, 1.82) is 0 Å². The molecule has 2 rings (SSSR count). The van der Waals surface area contributed by atoms with Crippen molar-refractivity contribution in [1.82, 2.24) is 0 Å². The van der Waals surface area contributed by atoms with E-state index in [1.165, 1.54) is 5.04 Å². The van der Waals surface area contributed by atoms with Crippen LogP contribution >= 0.6 is 23.4 Å². The number of nitrogen functional groups attached to an aromatic ring is 1. The van der Waals surface area contributed by atoms with E-state index in [-0.39, 0.29) is 6.04 Å². The lowest BCUT2D eigenvalue weighted by Crippen LogP contribution is -1.98. The number of nitrogens with two attached hydrogens (primary N) is 1. The minimum absolute atomic E-state index is 0.190. The third kappa shape index (κ3) is 2.36. The van der Waals surface area contributed by atoms with E-state index < -0.39 is 0 Å². The largest absolute Gasteiger partial charge is 0.399 e. The van der Waals surface area contributed by atoms with Crippen molar-refractivity contribution in [2.24, 2.45) is 10.9 Å². The number of hydrogen-bond acceptors (Lipinski definition) is 3. The van der Waals surface area contributed by atoms with Crippen LogP contribution in [0, 0.1) is 5.92 Å². The lowest BCUT2D eigenvalue weighted by atomic mass is 10.1. The first kappa shape index (κ1) is 11.8. The minimum Gasteiger partial charge on any atom is -0.399 e. The summed E-state index contributed by atoms with van der Waals surface area (Å²) in [5, 5.41) is 1.94. The molecule has 1 atom stereocenters. The molecule has 1 aliphatic rings. The number of benzene rings is 1. The van der Waals surface area contributed by atoms with Crippen LogP contribution in [0.4, 0.5) is 5.69 Å². The molecule has 4 heteroatoms. The Morgan fingerprint density at radius 1 is 1.50 bits per heavy atom. The van der Waals surface area contributed by atoms with Gasteiger partial charge in [0.1, 0.15) is 0 Å². The van der Waals surface area contributed by atoms with Gasteiger partial charge in [0, 0.05) is 22.4 Å². The number of rotatable bonds is 2. The van der Waals surface area contributed by atoms with Crippen LogP contribution < -0.4 is 5.73 Å². The van der Waals surface area contributed by atoms with Crippen molar-refractivity contribution < 1.29 is 0 Å². The number of anilines is 1. The molecule has 2 N–H and O–H groups in total. The molecule has 0 radical (unpaired) electrons. The molecule has 0 aliphatic carbocycles. The molecule has 0 amide bonds. The van der Waals surface area contributed by atoms with Crippen molar-refractivity contribution in [3.8, 4) is 0 Å². The van der Waals surface area contributed by atoms with Crippen LogP contribution in [0.1, 0.15) is 25.5 Å². The summed E-state index contributed by atoms with van der Waals surface area (Å²) in [6.45, 7) is 4.33. The maximum absolute atomic E-state index is 6.18. The van der Waals surface area contributed by atoms with E-state index in [0.717, 1.165) is 16.3 Å². The van der Waals surface area contributed by atoms with Crippen molar-refractivity contribution in [2.75, 3.05) is 11.5 Å². The van der Waals surface area contributed by atoms with Gasteiger partial charge in [-0.05, 0) is 17.7 Å². The monoisotopic (exact) mass is 254 g/mol. The lowest BCUT2D eigenvalue weighted by Gasteiger charge is -2.09. The molecule has 1 aliphatic heterocycles. The Labute approximate surface area is 105 Å². The van der Waals surface area contributed by atoms with Crippen LogP contribution in [0.2, 0.25) is 5.02 Å². The predicted molar refractivity (Wildman–Crippen MR) is 73.3 cm³/mol. The SMILES string of the molecule is CC(C)C1=NC(c2ccc(N)cc2Cl)CS1. The van der Waals surface area contributed by atoms with Crippen molar-refractivity contribution in [3.63, 3.8) is 0 Å². The third-order valence-electron chi connectivity index (χ3n) is 2.55. The average molecular weight is 255 g/mol. The van der Waals surface area contributed by atoms with Gasteiger partial charge in [0.05, 0.1) is 11.1 Å². The smallest absolute Gasteiger partial charge is 0.0867 e. The summed E-state index contributed by atoms with van der Waals surface area (Å²) in [4.78, 5) is 4.70. The standard InChI is InChI=1S/C12H15ClN2S/c1-7(2)12-15-11(6-16-12)9-4-3-8(14)5-10(9)13/h3-5,7,11H,6,14H2,1-2H3. The number of halogens is 1. The van der Waals surface area contributed by atoms with Gasteiger partial charge in [0.2, 0.25) is 0 Å². The molecule has 0 saturated carbocycles. The summed E-state index contributed by atoms with van der Waals surface area (Å²) in [5.74, 6) is 1.49. The topological polar surface area (TPSA) is 38.4 Å². The van der Waals surface area contributed by atoms with Gasteiger partial charge in [0.25, 0.3) is 0 Å². The van der Waals surface area contributed by atoms with E-state index in [1.807, 2.05) is 23.9 Å². The highest BCUT2D eigenvalue weighted by Gasteiger charge is 2.23. The molecule has 2 nitrogen and oxygen atoms in total. The fourth-order valence-electron chi connectivity index (χ4n) is 1.68. The van der Waals surface area contributed by atoms with Gasteiger partial charge in [-0.3, -0.25) is 4.99 Å². The Morgan fingerprint density at radius 2 is 2.25 bits per heavy atom. The molecule has 0 saturated heterocycles. The maximum atomic E-state index is 6.18. The van der Waals surface area contributed by atoms with Crippen molar-refractivity contribution >= 4 is 34.1 Å². The third-order valence-corrected chi connectivity index (χ3v) is 4.23. The highest BCUT2D eigenvalue weighted by Crippen LogP contribution is 2.36. The van der Waals surface area contributed by atoms with E-state index >= 15 is 0 Å². The van der Waals surface area contributed by atoms with E-state index in [0.29, 0.717) is 11.6 Å². The van der Waals surface area contributed by atoms with Crippen LogP contribution in [-0.2, 0) is 0 Å². The summed E-state index contributed by atoms with van der Waals surface area (Å²) in [6, 6.07) is 5.85. The summed E-state index contributed by atoms with van der Waals surface area (Å²) in [7, 11) is 0. The maximum Gasteiger partial charge on any atom is 0.0867 e. The zero-order chi connectivity index (χ0) is 11.7. The van der Waals surface area contributed by atoms with Crippen LogP contribution in [-0.4, -0.2) is 10.8 Å². The molecule has 0 spiro atoms. The molecule has 86 valence electrons. The van der Waals surface area contributed by atoms with E-state index in [4.69, 9.17) is 22.3 Å².